The van der Waals surface area contributed by atoms with Gasteiger partial charge in [0.25, 0.3) is 17.4 Å². The highest BCUT2D eigenvalue weighted by Crippen LogP contribution is 2.33. The molecule has 2 aromatic carbocycles. The van der Waals surface area contributed by atoms with Gasteiger partial charge in [-0.2, -0.15) is 0 Å². The van der Waals surface area contributed by atoms with E-state index in [0.717, 1.165) is 5.56 Å². The zero-order valence-corrected chi connectivity index (χ0v) is 18.3. The van der Waals surface area contributed by atoms with Crippen LogP contribution in [0.5, 0.6) is 5.75 Å². The van der Waals surface area contributed by atoms with Crippen LogP contribution in [0.1, 0.15) is 15.9 Å². The lowest BCUT2D eigenvalue weighted by atomic mass is 10.1. The van der Waals surface area contributed by atoms with Crippen LogP contribution >= 0.6 is 11.3 Å². The van der Waals surface area contributed by atoms with Crippen molar-refractivity contribution in [1.82, 2.24) is 14.7 Å². The summed E-state index contributed by atoms with van der Waals surface area (Å²) in [5.41, 5.74) is 1.11. The second kappa shape index (κ2) is 8.87. The molecule has 0 saturated heterocycles. The Balaban J connectivity index is 1.37. The minimum atomic E-state index is -0.903. The zero-order valence-electron chi connectivity index (χ0n) is 17.5. The summed E-state index contributed by atoms with van der Waals surface area (Å²) in [6.45, 7) is 0.428. The molecule has 0 aliphatic carbocycles. The molecule has 0 bridgehead atoms. The number of fused-ring (bicyclic) bond motifs is 2. The number of anilines is 1. The van der Waals surface area contributed by atoms with E-state index in [1.165, 1.54) is 26.8 Å². The van der Waals surface area contributed by atoms with Gasteiger partial charge in [0.2, 0.25) is 0 Å². The Bertz CT molecular complexity index is 1380. The van der Waals surface area contributed by atoms with Gasteiger partial charge in [0.15, 0.2) is 11.1 Å². The number of aromatic nitrogens is 2. The van der Waals surface area contributed by atoms with E-state index in [2.05, 4.69) is 10.3 Å². The number of hydrogen-bond donors (Lipinski definition) is 1. The van der Waals surface area contributed by atoms with Crippen LogP contribution in [0.3, 0.4) is 0 Å². The first kappa shape index (κ1) is 20.9. The molecule has 1 atom stereocenters. The predicted octanol–water partition coefficient (Wildman–Crippen LogP) is 2.52. The molecule has 0 radical (unpaired) electrons. The molecule has 33 heavy (non-hydrogen) atoms. The minimum Gasteiger partial charge on any atom is -0.477 e. The normalized spacial score (nSPS) is 15.0. The third kappa shape index (κ3) is 4.10. The van der Waals surface area contributed by atoms with Crippen LogP contribution in [0.4, 0.5) is 5.69 Å². The molecule has 4 aromatic rings. The van der Waals surface area contributed by atoms with E-state index in [1.807, 2.05) is 30.3 Å². The summed E-state index contributed by atoms with van der Waals surface area (Å²) in [5.74, 6) is -0.433. The number of hydrogen-bond acceptors (Lipinski definition) is 6. The fraction of sp³-hybridized carbons (Fsp3) is 0.167. The number of nitrogens with zero attached hydrogens (tertiary/aromatic N) is 3. The van der Waals surface area contributed by atoms with E-state index in [9.17, 15) is 14.4 Å². The summed E-state index contributed by atoms with van der Waals surface area (Å²) in [6.07, 6.45) is 2.66. The Labute approximate surface area is 193 Å². The SMILES string of the molecule is O=C(NCCc1ccccc1)[C@@H]1CN(C(=O)c2cnc3sccn3c2=O)c2ccccc2O1. The Hall–Kier alpha value is -3.98. The highest BCUT2D eigenvalue weighted by atomic mass is 32.1. The van der Waals surface area contributed by atoms with Gasteiger partial charge in [-0.15, -0.1) is 11.3 Å². The van der Waals surface area contributed by atoms with Crippen LogP contribution in [-0.4, -0.2) is 40.4 Å². The van der Waals surface area contributed by atoms with Crippen LogP contribution in [0.25, 0.3) is 4.96 Å². The van der Waals surface area contributed by atoms with E-state index in [1.54, 1.807) is 35.8 Å². The number of nitrogens with one attached hydrogen (secondary N) is 1. The molecule has 9 heteroatoms. The minimum absolute atomic E-state index is 0.0151. The van der Waals surface area contributed by atoms with Crippen molar-refractivity contribution in [3.05, 3.63) is 93.9 Å². The summed E-state index contributed by atoms with van der Waals surface area (Å²) >= 11 is 1.31. The van der Waals surface area contributed by atoms with Crippen molar-refractivity contribution in [2.45, 2.75) is 12.5 Å². The fourth-order valence-electron chi connectivity index (χ4n) is 3.77. The van der Waals surface area contributed by atoms with Gasteiger partial charge in [-0.05, 0) is 24.1 Å². The van der Waals surface area contributed by atoms with Gasteiger partial charge in [0.1, 0.15) is 11.3 Å². The quantitative estimate of drug-likeness (QED) is 0.494. The number of para-hydroxylation sites is 2. The van der Waals surface area contributed by atoms with Crippen molar-refractivity contribution in [2.75, 3.05) is 18.0 Å². The molecule has 0 saturated carbocycles. The number of rotatable bonds is 5. The molecule has 0 unspecified atom stereocenters. The van der Waals surface area contributed by atoms with Crippen LogP contribution in [0.15, 0.2) is 77.2 Å². The molecule has 0 fully saturated rings. The Morgan fingerprint density at radius 1 is 1.12 bits per heavy atom. The van der Waals surface area contributed by atoms with E-state index < -0.39 is 17.6 Å². The highest BCUT2D eigenvalue weighted by molar-refractivity contribution is 7.15. The van der Waals surface area contributed by atoms with Crippen LogP contribution < -0.4 is 20.5 Å². The second-order valence-corrected chi connectivity index (χ2v) is 8.42. The lowest BCUT2D eigenvalue weighted by Gasteiger charge is -2.34. The second-order valence-electron chi connectivity index (χ2n) is 7.55. The Morgan fingerprint density at radius 3 is 2.76 bits per heavy atom. The topological polar surface area (TPSA) is 93.0 Å². The average Bonchev–Trinajstić information content (AvgIpc) is 3.34. The lowest BCUT2D eigenvalue weighted by Crippen LogP contribution is -2.51. The molecule has 3 heterocycles. The maximum atomic E-state index is 13.4. The number of benzene rings is 2. The summed E-state index contributed by atoms with van der Waals surface area (Å²) in [6, 6.07) is 16.8. The molecule has 1 aliphatic heterocycles. The Morgan fingerprint density at radius 2 is 1.91 bits per heavy atom. The van der Waals surface area contributed by atoms with Crippen molar-refractivity contribution >= 4 is 33.8 Å². The molecule has 8 nitrogen and oxygen atoms in total. The molecule has 1 N–H and O–H groups in total. The number of thiazole rings is 1. The maximum absolute atomic E-state index is 13.4. The van der Waals surface area contributed by atoms with Crippen molar-refractivity contribution in [3.8, 4) is 5.75 Å². The van der Waals surface area contributed by atoms with E-state index >= 15 is 0 Å². The van der Waals surface area contributed by atoms with E-state index in [0.29, 0.717) is 29.4 Å². The summed E-state index contributed by atoms with van der Waals surface area (Å²) in [4.78, 5) is 45.3. The van der Waals surface area contributed by atoms with Crippen molar-refractivity contribution < 1.29 is 14.3 Å². The van der Waals surface area contributed by atoms with Gasteiger partial charge in [0, 0.05) is 24.3 Å². The smallest absolute Gasteiger partial charge is 0.271 e. The molecular formula is C24H20N4O4S. The average molecular weight is 461 g/mol. The number of ether oxygens (including phenoxy) is 1. The van der Waals surface area contributed by atoms with Crippen molar-refractivity contribution in [1.29, 1.82) is 0 Å². The van der Waals surface area contributed by atoms with Gasteiger partial charge in [-0.25, -0.2) is 4.98 Å². The molecule has 2 amide bonds. The molecular weight excluding hydrogens is 440 g/mol. The first-order valence-corrected chi connectivity index (χ1v) is 11.3. The summed E-state index contributed by atoms with van der Waals surface area (Å²) in [7, 11) is 0. The van der Waals surface area contributed by atoms with Crippen LogP contribution in [0, 0.1) is 0 Å². The standard InChI is InChI=1S/C24H20N4O4S/c29-21(25-11-10-16-6-2-1-3-7-16)20-15-28(18-8-4-5-9-19(18)32-20)23(31)17-14-26-24-27(22(17)30)12-13-33-24/h1-9,12-14,20H,10-11,15H2,(H,25,29)/t20-/m0/s1. The largest absolute Gasteiger partial charge is 0.477 e. The highest BCUT2D eigenvalue weighted by Gasteiger charge is 2.35. The van der Waals surface area contributed by atoms with Gasteiger partial charge in [-0.1, -0.05) is 42.5 Å². The monoisotopic (exact) mass is 460 g/mol. The summed E-state index contributed by atoms with van der Waals surface area (Å²) in [5, 5.41) is 4.62. The fourth-order valence-corrected chi connectivity index (χ4v) is 4.44. The third-order valence-electron chi connectivity index (χ3n) is 5.44. The van der Waals surface area contributed by atoms with Gasteiger partial charge < -0.3 is 15.0 Å². The van der Waals surface area contributed by atoms with E-state index in [4.69, 9.17) is 4.74 Å². The van der Waals surface area contributed by atoms with Gasteiger partial charge in [0.05, 0.1) is 12.2 Å². The van der Waals surface area contributed by atoms with Crippen molar-refractivity contribution in [2.24, 2.45) is 0 Å². The molecule has 0 spiro atoms. The first-order chi connectivity index (χ1) is 16.1. The molecule has 5 rings (SSSR count). The van der Waals surface area contributed by atoms with Crippen LogP contribution in [-0.2, 0) is 11.2 Å². The number of amides is 2. The number of carbonyl (C=O) groups excluding carboxylic acids is 2. The molecule has 1 aliphatic rings. The predicted molar refractivity (Wildman–Crippen MR) is 125 cm³/mol. The van der Waals surface area contributed by atoms with Crippen LogP contribution in [0.2, 0.25) is 0 Å². The first-order valence-electron chi connectivity index (χ1n) is 10.5. The summed E-state index contributed by atoms with van der Waals surface area (Å²) < 4.78 is 7.24. The zero-order chi connectivity index (χ0) is 22.8. The van der Waals surface area contributed by atoms with Gasteiger partial charge >= 0.3 is 0 Å². The molecule has 166 valence electrons. The maximum Gasteiger partial charge on any atom is 0.271 e. The Kier molecular flexibility index (Phi) is 5.62. The number of carbonyl (C=O) groups is 2. The molecule has 2 aromatic heterocycles. The van der Waals surface area contributed by atoms with Gasteiger partial charge in [-0.3, -0.25) is 18.8 Å². The van der Waals surface area contributed by atoms with Crippen molar-refractivity contribution in [3.63, 3.8) is 0 Å². The lowest BCUT2D eigenvalue weighted by molar-refractivity contribution is -0.127. The van der Waals surface area contributed by atoms with E-state index in [-0.39, 0.29) is 18.0 Å². The third-order valence-corrected chi connectivity index (χ3v) is 6.21.